The molecule has 1 aliphatic heterocycles. The fourth-order valence-corrected chi connectivity index (χ4v) is 6.01. The Morgan fingerprint density at radius 2 is 1.75 bits per heavy atom. The van der Waals surface area contributed by atoms with E-state index in [9.17, 15) is 49.5 Å². The zero-order valence-corrected chi connectivity index (χ0v) is 32.0. The molecule has 1 fully saturated rings. The highest BCUT2D eigenvalue weighted by Crippen LogP contribution is 2.22. The molecule has 1 aromatic heterocycles. The van der Waals surface area contributed by atoms with Crippen LogP contribution in [0.3, 0.4) is 0 Å². The van der Waals surface area contributed by atoms with E-state index < -0.39 is 92.0 Å². The van der Waals surface area contributed by atoms with Crippen LogP contribution in [0.25, 0.3) is 0 Å². The molecular formula is C35H60N8O12. The molecule has 55 heavy (non-hydrogen) atoms. The molecule has 2 heterocycles. The fourth-order valence-electron chi connectivity index (χ4n) is 6.01. The Hall–Kier alpha value is -3.89. The van der Waals surface area contributed by atoms with Gasteiger partial charge in [0.1, 0.15) is 42.3 Å². The van der Waals surface area contributed by atoms with E-state index in [2.05, 4.69) is 36.4 Å². The molecule has 312 valence electrons. The number of H-pyrrole nitrogens is 1. The lowest BCUT2D eigenvalue weighted by molar-refractivity contribution is -0.248. The summed E-state index contributed by atoms with van der Waals surface area (Å²) in [6, 6.07) is -4.04. The van der Waals surface area contributed by atoms with Crippen LogP contribution in [0.2, 0.25) is 0 Å². The molecule has 12 N–H and O–H groups in total. The van der Waals surface area contributed by atoms with Crippen molar-refractivity contribution < 1.29 is 59.1 Å². The number of ether oxygens (including phenoxy) is 1. The summed E-state index contributed by atoms with van der Waals surface area (Å²) in [4.78, 5) is 81.2. The number of imidazole rings is 1. The number of carbonyl (C=O) groups excluding carboxylic acids is 5. The Morgan fingerprint density at radius 1 is 1.02 bits per heavy atom. The van der Waals surface area contributed by atoms with Crippen LogP contribution in [0.1, 0.15) is 71.9 Å². The van der Waals surface area contributed by atoms with Gasteiger partial charge in [0.2, 0.25) is 17.7 Å². The Morgan fingerprint density at radius 3 is 2.36 bits per heavy atom. The van der Waals surface area contributed by atoms with Gasteiger partial charge < -0.3 is 56.9 Å². The number of amides is 3. The largest absolute Gasteiger partial charge is 0.394 e. The summed E-state index contributed by atoms with van der Waals surface area (Å²) >= 11 is 0. The van der Waals surface area contributed by atoms with E-state index in [1.54, 1.807) is 0 Å². The van der Waals surface area contributed by atoms with Gasteiger partial charge in [0.15, 0.2) is 24.5 Å². The number of hydrogen-bond donors (Lipinski definition) is 11. The van der Waals surface area contributed by atoms with Gasteiger partial charge in [-0.1, -0.05) is 33.6 Å². The van der Waals surface area contributed by atoms with Crippen LogP contribution in [0.5, 0.6) is 0 Å². The second-order valence-corrected chi connectivity index (χ2v) is 14.3. The second-order valence-electron chi connectivity index (χ2n) is 14.3. The number of aliphatic hydroxyl groups excluding tert-OH is 5. The van der Waals surface area contributed by atoms with Gasteiger partial charge in [-0.2, -0.15) is 0 Å². The van der Waals surface area contributed by atoms with Gasteiger partial charge in [-0.25, -0.2) is 4.98 Å². The number of nitrogens with zero attached hydrogens (tertiary/aromatic N) is 2. The van der Waals surface area contributed by atoms with Crippen molar-refractivity contribution in [2.45, 2.75) is 115 Å². The Bertz CT molecular complexity index is 1380. The average molecular weight is 785 g/mol. The standard InChI is InChI=1S/C35H60N8O12/c1-19(2)9-22(33(51)38-14-24(46)10-20(3)7-5-6-8-36)11-27(47)26(15-44)42-34(52)25(12-23-13-37-18-39-23)41-29(48)17-54-43-21(4)40-30-32(50)31(49)28(16-45)55-35(30)53/h13,18-20,22,25-26,28,30-32,35,44-45,49-50,53H,5-12,14-17,36H2,1-4H3,(H,37,39)(H,38,51)(H,40,43)(H,41,48)(H,42,52). The highest BCUT2D eigenvalue weighted by atomic mass is 16.6. The van der Waals surface area contributed by atoms with Crippen molar-refractivity contribution in [2.75, 3.05) is 32.9 Å². The van der Waals surface area contributed by atoms with Crippen molar-refractivity contribution >= 4 is 35.1 Å². The van der Waals surface area contributed by atoms with E-state index in [0.717, 1.165) is 19.3 Å². The fraction of sp³-hybridized carbons (Fsp3) is 0.743. The molecule has 20 heteroatoms. The van der Waals surface area contributed by atoms with Crippen molar-refractivity contribution in [1.29, 1.82) is 0 Å². The number of aromatic amines is 1. The Kier molecular flexibility index (Phi) is 21.1. The minimum atomic E-state index is -1.66. The molecule has 9 atom stereocenters. The number of nitrogens with two attached hydrogens (primary N) is 1. The van der Waals surface area contributed by atoms with E-state index in [1.807, 2.05) is 20.8 Å². The van der Waals surface area contributed by atoms with Gasteiger partial charge >= 0.3 is 0 Å². The van der Waals surface area contributed by atoms with Crippen LogP contribution in [0, 0.1) is 17.8 Å². The van der Waals surface area contributed by atoms with E-state index in [1.165, 1.54) is 19.4 Å². The topological polar surface area (TPSA) is 320 Å². The summed E-state index contributed by atoms with van der Waals surface area (Å²) in [5.41, 5.74) is 8.34. The quantitative estimate of drug-likeness (QED) is 0.0205. The third-order valence-corrected chi connectivity index (χ3v) is 8.91. The second kappa shape index (κ2) is 24.6. The maximum Gasteiger partial charge on any atom is 0.249 e. The van der Waals surface area contributed by atoms with Crippen molar-refractivity contribution in [2.24, 2.45) is 28.5 Å². The number of unbranched alkanes of at least 4 members (excludes halogenated alkanes) is 1. The summed E-state index contributed by atoms with van der Waals surface area (Å²) < 4.78 is 5.06. The summed E-state index contributed by atoms with van der Waals surface area (Å²) in [5, 5.41) is 57.4. The first-order valence-electron chi connectivity index (χ1n) is 18.5. The predicted octanol–water partition coefficient (Wildman–Crippen LogP) is -2.88. The van der Waals surface area contributed by atoms with Crippen LogP contribution in [0.15, 0.2) is 17.5 Å². The van der Waals surface area contributed by atoms with Gasteiger partial charge in [0.05, 0.1) is 26.1 Å². The molecule has 0 saturated carbocycles. The van der Waals surface area contributed by atoms with E-state index in [0.29, 0.717) is 25.1 Å². The predicted molar refractivity (Wildman–Crippen MR) is 196 cm³/mol. The van der Waals surface area contributed by atoms with Crippen molar-refractivity contribution in [1.82, 2.24) is 31.4 Å². The van der Waals surface area contributed by atoms with Gasteiger partial charge in [0.25, 0.3) is 0 Å². The number of rotatable bonds is 25. The van der Waals surface area contributed by atoms with E-state index in [4.69, 9.17) is 15.3 Å². The molecule has 20 nitrogen and oxygen atoms in total. The third-order valence-electron chi connectivity index (χ3n) is 8.91. The van der Waals surface area contributed by atoms with Crippen molar-refractivity contribution in [3.8, 4) is 0 Å². The average Bonchev–Trinajstić information content (AvgIpc) is 3.65. The summed E-state index contributed by atoms with van der Waals surface area (Å²) in [5.74, 6) is -3.55. The SMILES string of the molecule is CC(=NC1C(O)OC(CO)C(O)C1O)NOCC(=O)NC(Cc1cnc[nH]1)C(=O)NC(CO)C(=O)CC(CC(C)C)C(=O)NCC(=O)CC(C)CCCCN. The normalized spacial score (nSPS) is 22.3. The van der Waals surface area contributed by atoms with Gasteiger partial charge in [-0.15, -0.1) is 0 Å². The number of aromatic nitrogens is 2. The number of ketones is 2. The first-order chi connectivity index (χ1) is 26.1. The molecule has 0 bridgehead atoms. The number of amidine groups is 1. The molecule has 1 aliphatic rings. The van der Waals surface area contributed by atoms with Gasteiger partial charge in [-0.3, -0.25) is 39.3 Å². The Labute approximate surface area is 320 Å². The molecule has 0 spiro atoms. The van der Waals surface area contributed by atoms with E-state index in [-0.39, 0.29) is 42.8 Å². The van der Waals surface area contributed by atoms with Crippen LogP contribution in [-0.4, -0.2) is 146 Å². The summed E-state index contributed by atoms with van der Waals surface area (Å²) in [6.07, 6.45) is -0.351. The van der Waals surface area contributed by atoms with Crippen LogP contribution in [-0.2, 0) is 40.0 Å². The van der Waals surface area contributed by atoms with E-state index >= 15 is 0 Å². The smallest absolute Gasteiger partial charge is 0.249 e. The number of hydrogen-bond acceptors (Lipinski definition) is 15. The molecule has 1 saturated heterocycles. The molecule has 9 unspecified atom stereocenters. The molecule has 3 amide bonds. The van der Waals surface area contributed by atoms with Gasteiger partial charge in [0, 0.05) is 37.1 Å². The monoisotopic (exact) mass is 784 g/mol. The number of aliphatic hydroxyl groups is 5. The zero-order chi connectivity index (χ0) is 41.1. The molecule has 1 aromatic rings. The summed E-state index contributed by atoms with van der Waals surface area (Å²) in [6.45, 7) is 5.41. The molecule has 2 rings (SSSR count). The maximum atomic E-state index is 13.4. The minimum Gasteiger partial charge on any atom is -0.394 e. The minimum absolute atomic E-state index is 0.0109. The molecule has 0 aromatic carbocycles. The first kappa shape index (κ1) is 47.3. The number of aliphatic imine (C=N–C) groups is 1. The highest BCUT2D eigenvalue weighted by Gasteiger charge is 2.43. The van der Waals surface area contributed by atoms with Crippen LogP contribution < -0.4 is 27.2 Å². The Balaban J connectivity index is 2.00. The zero-order valence-electron chi connectivity index (χ0n) is 32.0. The molecule has 0 radical (unpaired) electrons. The number of carbonyl (C=O) groups is 5. The van der Waals surface area contributed by atoms with Crippen LogP contribution >= 0.6 is 0 Å². The van der Waals surface area contributed by atoms with Crippen molar-refractivity contribution in [3.63, 3.8) is 0 Å². The third kappa shape index (κ3) is 16.8. The van der Waals surface area contributed by atoms with Crippen LogP contribution in [0.4, 0.5) is 0 Å². The summed E-state index contributed by atoms with van der Waals surface area (Å²) in [7, 11) is 0. The molecule has 0 aliphatic carbocycles. The lowest BCUT2D eigenvalue weighted by Gasteiger charge is -2.38. The number of nitrogens with one attached hydrogen (secondary N) is 5. The molecular weight excluding hydrogens is 724 g/mol. The lowest BCUT2D eigenvalue weighted by atomic mass is 9.89. The highest BCUT2D eigenvalue weighted by molar-refractivity contribution is 5.95. The van der Waals surface area contributed by atoms with Crippen molar-refractivity contribution in [3.05, 3.63) is 18.2 Å². The number of hydroxylamine groups is 1. The van der Waals surface area contributed by atoms with Gasteiger partial charge in [-0.05, 0) is 38.1 Å². The maximum absolute atomic E-state index is 13.4. The first-order valence-corrected chi connectivity index (χ1v) is 18.5. The lowest BCUT2D eigenvalue weighted by Crippen LogP contribution is -2.58. The number of Topliss-reactive ketones (excluding diaryl/α,β-unsaturated/α-hetero) is 2.